The maximum atomic E-state index is 12.0. The molecule has 104 valence electrons. The minimum Gasteiger partial charge on any atom is -0.300 e. The van der Waals surface area contributed by atoms with E-state index in [0.717, 1.165) is 18.4 Å². The number of H-pyrrole nitrogens is 1. The molecule has 0 radical (unpaired) electrons. The van der Waals surface area contributed by atoms with Gasteiger partial charge in [0.25, 0.3) is 5.56 Å². The lowest BCUT2D eigenvalue weighted by Gasteiger charge is -2.15. The van der Waals surface area contributed by atoms with E-state index in [-0.39, 0.29) is 5.56 Å². The fraction of sp³-hybridized carbons (Fsp3) is 0.500. The SMILES string of the molecule is CC1CC1CN(C)Cc1cc(=O)n2[nH]cc(C#N)c2n1. The van der Waals surface area contributed by atoms with Crippen LogP contribution >= 0.6 is 0 Å². The highest BCUT2D eigenvalue weighted by molar-refractivity contribution is 5.53. The van der Waals surface area contributed by atoms with Gasteiger partial charge in [-0.3, -0.25) is 9.89 Å². The van der Waals surface area contributed by atoms with Crippen LogP contribution in [0.2, 0.25) is 0 Å². The Kier molecular flexibility index (Phi) is 3.07. The van der Waals surface area contributed by atoms with E-state index in [1.54, 1.807) is 0 Å². The summed E-state index contributed by atoms with van der Waals surface area (Å²) in [5.74, 6) is 1.58. The van der Waals surface area contributed by atoms with Crippen molar-refractivity contribution in [3.05, 3.63) is 33.9 Å². The molecule has 2 heterocycles. The van der Waals surface area contributed by atoms with E-state index < -0.39 is 0 Å². The zero-order chi connectivity index (χ0) is 14.3. The Labute approximate surface area is 116 Å². The molecule has 0 bridgehead atoms. The third-order valence-electron chi connectivity index (χ3n) is 3.93. The van der Waals surface area contributed by atoms with Crippen LogP contribution in [0.5, 0.6) is 0 Å². The molecule has 6 nitrogen and oxygen atoms in total. The first kappa shape index (κ1) is 12.9. The molecule has 1 saturated carbocycles. The van der Waals surface area contributed by atoms with Crippen LogP contribution in [0.25, 0.3) is 5.65 Å². The van der Waals surface area contributed by atoms with Crippen molar-refractivity contribution in [3.63, 3.8) is 0 Å². The maximum Gasteiger partial charge on any atom is 0.272 e. The fourth-order valence-electron chi connectivity index (χ4n) is 2.59. The summed E-state index contributed by atoms with van der Waals surface area (Å²) < 4.78 is 1.30. The molecule has 2 unspecified atom stereocenters. The topological polar surface area (TPSA) is 77.2 Å². The van der Waals surface area contributed by atoms with Crippen LogP contribution in [0, 0.1) is 23.2 Å². The number of rotatable bonds is 4. The standard InChI is InChI=1S/C14H17N5O/c1-9-3-10(9)7-18(2)8-12-4-13(20)19-14(17-12)11(5-15)6-16-19/h4,6,9-10,16H,3,7-8H2,1-2H3. The van der Waals surface area contributed by atoms with Gasteiger partial charge in [0, 0.05) is 25.4 Å². The molecule has 2 aromatic rings. The Bertz CT molecular complexity index is 738. The second-order valence-electron chi connectivity index (χ2n) is 5.71. The van der Waals surface area contributed by atoms with E-state index in [0.29, 0.717) is 23.4 Å². The van der Waals surface area contributed by atoms with Crippen molar-refractivity contribution in [2.45, 2.75) is 19.9 Å². The summed E-state index contributed by atoms with van der Waals surface area (Å²) in [6, 6.07) is 3.56. The van der Waals surface area contributed by atoms with Gasteiger partial charge in [-0.2, -0.15) is 5.26 Å². The minimum atomic E-state index is -0.181. The van der Waals surface area contributed by atoms with Gasteiger partial charge in [0.05, 0.1) is 5.69 Å². The van der Waals surface area contributed by atoms with Crippen molar-refractivity contribution in [1.29, 1.82) is 5.26 Å². The summed E-state index contributed by atoms with van der Waals surface area (Å²) in [6.45, 7) is 3.92. The third-order valence-corrected chi connectivity index (χ3v) is 3.93. The smallest absolute Gasteiger partial charge is 0.272 e. The lowest BCUT2D eigenvalue weighted by Crippen LogP contribution is -2.24. The van der Waals surface area contributed by atoms with Gasteiger partial charge < -0.3 is 4.90 Å². The van der Waals surface area contributed by atoms with E-state index in [1.165, 1.54) is 23.2 Å². The molecule has 0 saturated heterocycles. The molecule has 0 aliphatic heterocycles. The number of aromatic nitrogens is 3. The largest absolute Gasteiger partial charge is 0.300 e. The maximum absolute atomic E-state index is 12.0. The molecule has 6 heteroatoms. The molecule has 2 aromatic heterocycles. The molecule has 0 amide bonds. The number of nitrogens with one attached hydrogen (secondary N) is 1. The number of aromatic amines is 1. The second-order valence-corrected chi connectivity index (χ2v) is 5.71. The van der Waals surface area contributed by atoms with E-state index in [1.807, 2.05) is 13.1 Å². The Morgan fingerprint density at radius 1 is 1.65 bits per heavy atom. The van der Waals surface area contributed by atoms with Crippen molar-refractivity contribution >= 4 is 5.65 Å². The van der Waals surface area contributed by atoms with Crippen molar-refractivity contribution in [1.82, 2.24) is 19.5 Å². The van der Waals surface area contributed by atoms with Gasteiger partial charge in [0.1, 0.15) is 11.6 Å². The highest BCUT2D eigenvalue weighted by atomic mass is 16.1. The highest BCUT2D eigenvalue weighted by Gasteiger charge is 2.33. The molecule has 0 aromatic carbocycles. The molecule has 3 rings (SSSR count). The molecule has 1 N–H and O–H groups in total. The van der Waals surface area contributed by atoms with Gasteiger partial charge in [-0.1, -0.05) is 6.92 Å². The second kappa shape index (κ2) is 4.76. The first-order valence-corrected chi connectivity index (χ1v) is 6.77. The number of hydrogen-bond acceptors (Lipinski definition) is 4. The Morgan fingerprint density at radius 2 is 2.40 bits per heavy atom. The normalized spacial score (nSPS) is 21.3. The minimum absolute atomic E-state index is 0.181. The van der Waals surface area contributed by atoms with E-state index in [9.17, 15) is 4.79 Å². The number of hydrogen-bond donors (Lipinski definition) is 1. The average Bonchev–Trinajstić information content (AvgIpc) is 2.92. The number of nitriles is 1. The average molecular weight is 271 g/mol. The van der Waals surface area contributed by atoms with Crippen LogP contribution in [-0.4, -0.2) is 33.1 Å². The van der Waals surface area contributed by atoms with Crippen LogP contribution < -0.4 is 5.56 Å². The van der Waals surface area contributed by atoms with Gasteiger partial charge in [0.15, 0.2) is 5.65 Å². The molecule has 1 fully saturated rings. The molecule has 20 heavy (non-hydrogen) atoms. The van der Waals surface area contributed by atoms with Crippen LogP contribution in [0.3, 0.4) is 0 Å². The van der Waals surface area contributed by atoms with E-state index in [2.05, 4.69) is 21.9 Å². The van der Waals surface area contributed by atoms with Gasteiger partial charge in [-0.05, 0) is 25.3 Å². The summed E-state index contributed by atoms with van der Waals surface area (Å²) in [6.07, 6.45) is 2.79. The van der Waals surface area contributed by atoms with Gasteiger partial charge in [-0.15, -0.1) is 0 Å². The van der Waals surface area contributed by atoms with E-state index >= 15 is 0 Å². The fourth-order valence-corrected chi connectivity index (χ4v) is 2.59. The summed E-state index contributed by atoms with van der Waals surface area (Å²) in [4.78, 5) is 18.6. The number of nitrogens with zero attached hydrogens (tertiary/aromatic N) is 4. The molecular formula is C14H17N5O. The summed E-state index contributed by atoms with van der Waals surface area (Å²) >= 11 is 0. The lowest BCUT2D eigenvalue weighted by molar-refractivity contribution is 0.304. The Balaban J connectivity index is 1.84. The van der Waals surface area contributed by atoms with Gasteiger partial charge >= 0.3 is 0 Å². The lowest BCUT2D eigenvalue weighted by atomic mass is 10.3. The third kappa shape index (κ3) is 2.32. The quantitative estimate of drug-likeness (QED) is 0.899. The van der Waals surface area contributed by atoms with Crippen LogP contribution in [0.4, 0.5) is 0 Å². The zero-order valence-corrected chi connectivity index (χ0v) is 11.6. The number of fused-ring (bicyclic) bond motifs is 1. The van der Waals surface area contributed by atoms with Gasteiger partial charge in [-0.25, -0.2) is 9.50 Å². The van der Waals surface area contributed by atoms with Crippen LogP contribution in [0.1, 0.15) is 24.6 Å². The predicted octanol–water partition coefficient (Wildman–Crippen LogP) is 0.982. The van der Waals surface area contributed by atoms with Crippen LogP contribution in [-0.2, 0) is 6.54 Å². The predicted molar refractivity (Wildman–Crippen MR) is 74.1 cm³/mol. The van der Waals surface area contributed by atoms with E-state index in [4.69, 9.17) is 5.26 Å². The molecule has 0 spiro atoms. The van der Waals surface area contributed by atoms with Crippen molar-refractivity contribution in [2.24, 2.45) is 11.8 Å². The highest BCUT2D eigenvalue weighted by Crippen LogP contribution is 2.38. The van der Waals surface area contributed by atoms with Gasteiger partial charge in [0.2, 0.25) is 0 Å². The molecule has 1 aliphatic carbocycles. The van der Waals surface area contributed by atoms with Crippen molar-refractivity contribution < 1.29 is 0 Å². The first-order chi connectivity index (χ1) is 9.58. The molecule has 1 aliphatic rings. The summed E-state index contributed by atoms with van der Waals surface area (Å²) in [5, 5.41) is 11.8. The summed E-state index contributed by atoms with van der Waals surface area (Å²) in [7, 11) is 2.04. The molecular weight excluding hydrogens is 254 g/mol. The molecule has 2 atom stereocenters. The van der Waals surface area contributed by atoms with Crippen molar-refractivity contribution in [2.75, 3.05) is 13.6 Å². The Hall–Kier alpha value is -2.13. The van der Waals surface area contributed by atoms with Crippen molar-refractivity contribution in [3.8, 4) is 6.07 Å². The summed E-state index contributed by atoms with van der Waals surface area (Å²) in [5.41, 5.74) is 1.33. The zero-order valence-electron chi connectivity index (χ0n) is 11.6. The van der Waals surface area contributed by atoms with Crippen LogP contribution in [0.15, 0.2) is 17.1 Å². The Morgan fingerprint density at radius 3 is 3.05 bits per heavy atom. The monoisotopic (exact) mass is 271 g/mol. The first-order valence-electron chi connectivity index (χ1n) is 6.77.